The fourth-order valence-corrected chi connectivity index (χ4v) is 5.86. The number of fused-ring (bicyclic) bond motifs is 3. The van der Waals surface area contributed by atoms with Gasteiger partial charge in [-0.3, -0.25) is 9.79 Å². The van der Waals surface area contributed by atoms with E-state index in [1.807, 2.05) is 11.0 Å². The Kier molecular flexibility index (Phi) is 3.87. The summed E-state index contributed by atoms with van der Waals surface area (Å²) in [5.74, 6) is 0.195. The molecule has 1 N–H and O–H groups in total. The van der Waals surface area contributed by atoms with Crippen LogP contribution in [-0.4, -0.2) is 58.3 Å². The number of rotatable bonds is 2. The first-order valence-electron chi connectivity index (χ1n) is 9.39. The van der Waals surface area contributed by atoms with Crippen molar-refractivity contribution in [1.82, 2.24) is 9.80 Å². The summed E-state index contributed by atoms with van der Waals surface area (Å²) in [6.07, 6.45) is 2.57. The molecule has 1 fully saturated rings. The second-order valence-electron chi connectivity index (χ2n) is 7.63. The number of thioether (sulfide) groups is 1. The average molecular weight is 369 g/mol. The van der Waals surface area contributed by atoms with Gasteiger partial charge in [0.2, 0.25) is 5.91 Å². The summed E-state index contributed by atoms with van der Waals surface area (Å²) in [5, 5.41) is 13.9. The Morgan fingerprint density at radius 1 is 1.27 bits per heavy atom. The van der Waals surface area contributed by atoms with Crippen molar-refractivity contribution in [2.75, 3.05) is 26.2 Å². The third kappa shape index (κ3) is 2.42. The Hall–Kier alpha value is -1.79. The fourth-order valence-electron chi connectivity index (χ4n) is 4.91. The number of likely N-dealkylation sites (tertiary alicyclic amines) is 1. The van der Waals surface area contributed by atoms with Crippen LogP contribution in [0.25, 0.3) is 0 Å². The highest BCUT2D eigenvalue weighted by molar-refractivity contribution is 8.16. The van der Waals surface area contributed by atoms with Crippen LogP contribution in [0.3, 0.4) is 0 Å². The van der Waals surface area contributed by atoms with Gasteiger partial charge in [-0.25, -0.2) is 0 Å². The van der Waals surface area contributed by atoms with Crippen molar-refractivity contribution in [2.45, 2.75) is 37.2 Å². The molecule has 0 saturated carbocycles. The molecule has 1 amide bonds. The molecule has 1 aromatic carbocycles. The van der Waals surface area contributed by atoms with Gasteiger partial charge in [-0.1, -0.05) is 36.0 Å². The van der Waals surface area contributed by atoms with E-state index in [1.165, 1.54) is 11.1 Å². The van der Waals surface area contributed by atoms with Crippen LogP contribution < -0.4 is 0 Å². The molecule has 0 bridgehead atoms. The molecule has 5 nitrogen and oxygen atoms in total. The maximum atomic E-state index is 12.8. The highest BCUT2D eigenvalue weighted by Gasteiger charge is 2.48. The molecule has 6 heteroatoms. The van der Waals surface area contributed by atoms with E-state index in [0.717, 1.165) is 56.3 Å². The summed E-state index contributed by atoms with van der Waals surface area (Å²) < 4.78 is 0. The van der Waals surface area contributed by atoms with Gasteiger partial charge in [-0.05, 0) is 35.8 Å². The number of amides is 1. The van der Waals surface area contributed by atoms with Crippen molar-refractivity contribution in [3.63, 3.8) is 0 Å². The lowest BCUT2D eigenvalue weighted by Gasteiger charge is -2.42. The third-order valence-corrected chi connectivity index (χ3v) is 7.34. The molecule has 136 valence electrons. The van der Waals surface area contributed by atoms with Gasteiger partial charge in [0.15, 0.2) is 5.17 Å². The lowest BCUT2D eigenvalue weighted by atomic mass is 9.72. The molecule has 1 aromatic rings. The predicted octanol–water partition coefficient (Wildman–Crippen LogP) is 2.11. The van der Waals surface area contributed by atoms with Crippen molar-refractivity contribution in [3.8, 4) is 0 Å². The second kappa shape index (κ2) is 6.13. The van der Waals surface area contributed by atoms with Gasteiger partial charge in [-0.2, -0.15) is 0 Å². The highest BCUT2D eigenvalue weighted by Crippen LogP contribution is 2.46. The maximum Gasteiger partial charge on any atom is 0.228 e. The predicted molar refractivity (Wildman–Crippen MR) is 103 cm³/mol. The molecule has 26 heavy (non-hydrogen) atoms. The molecule has 1 spiro atoms. The van der Waals surface area contributed by atoms with E-state index in [9.17, 15) is 9.90 Å². The van der Waals surface area contributed by atoms with E-state index >= 15 is 0 Å². The number of aliphatic imine (C=N–C) groups is 1. The number of carbonyl (C=O) groups excluding carboxylic acids is 1. The largest absolute Gasteiger partial charge is 0.392 e. The molecule has 1 aliphatic carbocycles. The van der Waals surface area contributed by atoms with Crippen molar-refractivity contribution in [2.24, 2.45) is 4.99 Å². The number of benzene rings is 1. The minimum atomic E-state index is -0.325. The van der Waals surface area contributed by atoms with Gasteiger partial charge in [-0.15, -0.1) is 0 Å². The average Bonchev–Trinajstić information content (AvgIpc) is 3.33. The summed E-state index contributed by atoms with van der Waals surface area (Å²) in [5.41, 5.74) is 3.49. The highest BCUT2D eigenvalue weighted by atomic mass is 32.2. The Balaban J connectivity index is 1.26. The van der Waals surface area contributed by atoms with Gasteiger partial charge in [0.1, 0.15) is 0 Å². The first-order valence-corrected chi connectivity index (χ1v) is 10.3. The SMILES string of the molecule is O=C(CC1=CSC2=NCCN12)N1CCC2(CC1)c1ccccc1C[C@H]2O. The maximum absolute atomic E-state index is 12.8. The standard InChI is InChI=1S/C20H23N3O2S/c24-17-11-14-3-1-2-4-16(14)20(17)5-8-22(9-6-20)18(25)12-15-13-26-19-21-7-10-23(15)19/h1-4,13,17,24H,5-12H2/t17-/m1/s1. The smallest absolute Gasteiger partial charge is 0.228 e. The molecule has 1 atom stereocenters. The number of piperidine rings is 1. The van der Waals surface area contributed by atoms with Crippen molar-refractivity contribution >= 4 is 22.8 Å². The monoisotopic (exact) mass is 369 g/mol. The molecular formula is C20H23N3O2S. The Morgan fingerprint density at radius 3 is 2.92 bits per heavy atom. The Bertz CT molecular complexity index is 811. The van der Waals surface area contributed by atoms with Crippen LogP contribution >= 0.6 is 11.8 Å². The molecule has 0 aromatic heterocycles. The van der Waals surface area contributed by atoms with E-state index in [2.05, 4.69) is 33.5 Å². The van der Waals surface area contributed by atoms with E-state index in [0.29, 0.717) is 6.42 Å². The summed E-state index contributed by atoms with van der Waals surface area (Å²) >= 11 is 1.63. The van der Waals surface area contributed by atoms with Crippen LogP contribution in [0, 0.1) is 0 Å². The minimum Gasteiger partial charge on any atom is -0.392 e. The van der Waals surface area contributed by atoms with Gasteiger partial charge >= 0.3 is 0 Å². The molecule has 3 heterocycles. The zero-order valence-electron chi connectivity index (χ0n) is 14.7. The van der Waals surface area contributed by atoms with E-state index in [1.54, 1.807) is 11.8 Å². The van der Waals surface area contributed by atoms with Gasteiger partial charge in [0.05, 0.1) is 19.1 Å². The van der Waals surface area contributed by atoms with E-state index in [-0.39, 0.29) is 17.4 Å². The lowest BCUT2D eigenvalue weighted by Crippen LogP contribution is -2.49. The van der Waals surface area contributed by atoms with Crippen LogP contribution in [-0.2, 0) is 16.6 Å². The van der Waals surface area contributed by atoms with E-state index < -0.39 is 0 Å². The van der Waals surface area contributed by atoms with Crippen LogP contribution in [0.5, 0.6) is 0 Å². The topological polar surface area (TPSA) is 56.1 Å². The number of aliphatic hydroxyl groups is 1. The Labute approximate surface area is 157 Å². The number of hydrogen-bond donors (Lipinski definition) is 1. The van der Waals surface area contributed by atoms with Crippen LogP contribution in [0.1, 0.15) is 30.4 Å². The number of hydrogen-bond acceptors (Lipinski definition) is 5. The Morgan fingerprint density at radius 2 is 2.08 bits per heavy atom. The number of aliphatic hydroxyl groups excluding tert-OH is 1. The molecular weight excluding hydrogens is 346 g/mol. The molecule has 3 aliphatic heterocycles. The molecule has 1 saturated heterocycles. The van der Waals surface area contributed by atoms with Crippen LogP contribution in [0.4, 0.5) is 0 Å². The lowest BCUT2D eigenvalue weighted by molar-refractivity contribution is -0.133. The zero-order valence-corrected chi connectivity index (χ0v) is 15.5. The summed E-state index contributed by atoms with van der Waals surface area (Å²) in [4.78, 5) is 21.4. The quantitative estimate of drug-likeness (QED) is 0.868. The number of carbonyl (C=O) groups is 1. The fraction of sp³-hybridized carbons (Fsp3) is 0.500. The van der Waals surface area contributed by atoms with Gasteiger partial charge in [0, 0.05) is 30.7 Å². The van der Waals surface area contributed by atoms with Crippen LogP contribution in [0.2, 0.25) is 0 Å². The summed E-state index contributed by atoms with van der Waals surface area (Å²) in [6, 6.07) is 8.41. The summed E-state index contributed by atoms with van der Waals surface area (Å²) in [6.45, 7) is 3.18. The van der Waals surface area contributed by atoms with Crippen molar-refractivity contribution < 1.29 is 9.90 Å². The molecule has 0 radical (unpaired) electrons. The van der Waals surface area contributed by atoms with E-state index in [4.69, 9.17) is 0 Å². The first-order chi connectivity index (χ1) is 12.7. The number of amidine groups is 1. The van der Waals surface area contributed by atoms with Crippen molar-refractivity contribution in [1.29, 1.82) is 0 Å². The zero-order chi connectivity index (χ0) is 17.7. The minimum absolute atomic E-state index is 0.162. The normalized spacial score (nSPS) is 26.0. The van der Waals surface area contributed by atoms with Crippen LogP contribution in [0.15, 0.2) is 40.4 Å². The van der Waals surface area contributed by atoms with Gasteiger partial charge < -0.3 is 14.9 Å². The summed E-state index contributed by atoms with van der Waals surface area (Å²) in [7, 11) is 0. The molecule has 0 unspecified atom stereocenters. The molecule has 4 aliphatic rings. The second-order valence-corrected chi connectivity index (χ2v) is 8.47. The van der Waals surface area contributed by atoms with Gasteiger partial charge in [0.25, 0.3) is 0 Å². The number of nitrogens with zero attached hydrogens (tertiary/aromatic N) is 3. The third-order valence-electron chi connectivity index (χ3n) is 6.39. The van der Waals surface area contributed by atoms with Crippen molar-refractivity contribution in [3.05, 3.63) is 46.5 Å². The first kappa shape index (κ1) is 16.4. The molecule has 5 rings (SSSR count).